The minimum absolute atomic E-state index is 0.0306. The molecule has 0 saturated carbocycles. The van der Waals surface area contributed by atoms with Gasteiger partial charge in [-0.15, -0.1) is 0 Å². The minimum Gasteiger partial charge on any atom is -0.356 e. The monoisotopic (exact) mass is 407 g/mol. The van der Waals surface area contributed by atoms with Crippen molar-refractivity contribution >= 4 is 45.3 Å². The second kappa shape index (κ2) is 7.18. The number of carbonyl (C=O) groups excluding carboxylic acids is 2. The van der Waals surface area contributed by atoms with Crippen LogP contribution in [0.1, 0.15) is 30.2 Å². The van der Waals surface area contributed by atoms with Gasteiger partial charge in [0, 0.05) is 35.2 Å². The van der Waals surface area contributed by atoms with Crippen molar-refractivity contribution in [2.24, 2.45) is 5.92 Å². The van der Waals surface area contributed by atoms with Crippen molar-refractivity contribution in [2.45, 2.75) is 37.5 Å². The quantitative estimate of drug-likeness (QED) is 0.615. The molecular formula is C21H21N5O2S. The Labute approximate surface area is 172 Å². The SMILES string of the molecule is CCNC(=O)C1CCc2[nH]c3ncnc(Nc4ccc5c(c4)SC(=O)C5)c3c2C1. The number of aromatic amines is 1. The van der Waals surface area contributed by atoms with Crippen LogP contribution < -0.4 is 10.6 Å². The van der Waals surface area contributed by atoms with Crippen molar-refractivity contribution in [2.75, 3.05) is 11.9 Å². The topological polar surface area (TPSA) is 99.8 Å². The van der Waals surface area contributed by atoms with E-state index in [2.05, 4.69) is 25.6 Å². The molecule has 3 aromatic rings. The molecule has 1 aromatic carbocycles. The van der Waals surface area contributed by atoms with Crippen LogP contribution in [0.2, 0.25) is 0 Å². The summed E-state index contributed by atoms with van der Waals surface area (Å²) >= 11 is 1.29. The van der Waals surface area contributed by atoms with E-state index in [1.807, 2.05) is 25.1 Å². The van der Waals surface area contributed by atoms with Gasteiger partial charge in [-0.25, -0.2) is 9.97 Å². The van der Waals surface area contributed by atoms with E-state index < -0.39 is 0 Å². The van der Waals surface area contributed by atoms with Gasteiger partial charge < -0.3 is 15.6 Å². The van der Waals surface area contributed by atoms with Gasteiger partial charge in [0.05, 0.1) is 5.39 Å². The number of hydrogen-bond acceptors (Lipinski definition) is 6. The van der Waals surface area contributed by atoms with Crippen LogP contribution in [0.5, 0.6) is 0 Å². The van der Waals surface area contributed by atoms with E-state index in [0.717, 1.165) is 57.1 Å². The number of H-pyrrole nitrogens is 1. The molecule has 5 rings (SSSR count). The first-order chi connectivity index (χ1) is 14.1. The normalized spacial score (nSPS) is 17.8. The summed E-state index contributed by atoms with van der Waals surface area (Å²) in [5, 5.41) is 7.47. The van der Waals surface area contributed by atoms with Crippen molar-refractivity contribution in [3.63, 3.8) is 0 Å². The first-order valence-corrected chi connectivity index (χ1v) is 10.7. The second-order valence-electron chi connectivity index (χ2n) is 7.46. The fourth-order valence-electron chi connectivity index (χ4n) is 4.20. The summed E-state index contributed by atoms with van der Waals surface area (Å²) in [5.74, 6) is 0.800. The summed E-state index contributed by atoms with van der Waals surface area (Å²) in [5.41, 5.74) is 5.00. The molecule has 1 aliphatic heterocycles. The highest BCUT2D eigenvalue weighted by atomic mass is 32.2. The molecule has 1 atom stereocenters. The fraction of sp³-hybridized carbons (Fsp3) is 0.333. The van der Waals surface area contributed by atoms with Crippen molar-refractivity contribution in [3.8, 4) is 0 Å². The van der Waals surface area contributed by atoms with E-state index in [-0.39, 0.29) is 16.9 Å². The van der Waals surface area contributed by atoms with Crippen molar-refractivity contribution < 1.29 is 9.59 Å². The fourth-order valence-corrected chi connectivity index (χ4v) is 5.13. The molecule has 8 heteroatoms. The molecule has 0 radical (unpaired) electrons. The molecule has 1 aliphatic carbocycles. The number of benzene rings is 1. The molecule has 7 nitrogen and oxygen atoms in total. The first-order valence-electron chi connectivity index (χ1n) is 9.85. The number of fused-ring (bicyclic) bond motifs is 4. The standard InChI is InChI=1S/C21H21N5O2S/c1-2-22-21(28)12-4-6-15-14(7-12)18-19(23-10-24-20(18)26-15)25-13-5-3-11-8-17(27)29-16(11)9-13/h3,5,9-10,12H,2,4,6-8H2,1H3,(H,22,28)(H2,23,24,25,26). The highest BCUT2D eigenvalue weighted by molar-refractivity contribution is 8.14. The zero-order valence-electron chi connectivity index (χ0n) is 16.0. The van der Waals surface area contributed by atoms with E-state index in [1.165, 1.54) is 11.8 Å². The van der Waals surface area contributed by atoms with E-state index >= 15 is 0 Å². The van der Waals surface area contributed by atoms with Crippen LogP contribution in [-0.4, -0.2) is 32.5 Å². The predicted octanol–water partition coefficient (Wildman–Crippen LogP) is 3.12. The molecule has 0 bridgehead atoms. The average Bonchev–Trinajstić information content (AvgIpc) is 3.27. The Hall–Kier alpha value is -2.87. The van der Waals surface area contributed by atoms with Crippen molar-refractivity contribution in [1.82, 2.24) is 20.3 Å². The highest BCUT2D eigenvalue weighted by Gasteiger charge is 2.29. The molecule has 0 spiro atoms. The number of thioether (sulfide) groups is 1. The Morgan fingerprint density at radius 3 is 3.10 bits per heavy atom. The lowest BCUT2D eigenvalue weighted by atomic mass is 9.86. The minimum atomic E-state index is -0.0306. The number of amides is 1. The van der Waals surface area contributed by atoms with Gasteiger partial charge in [0.25, 0.3) is 0 Å². The number of hydrogen-bond donors (Lipinski definition) is 3. The summed E-state index contributed by atoms with van der Waals surface area (Å²) in [4.78, 5) is 37.4. The van der Waals surface area contributed by atoms with Gasteiger partial charge in [-0.3, -0.25) is 9.59 Å². The van der Waals surface area contributed by atoms with Crippen LogP contribution in [0.15, 0.2) is 29.4 Å². The Bertz CT molecular complexity index is 1140. The highest BCUT2D eigenvalue weighted by Crippen LogP contribution is 2.37. The van der Waals surface area contributed by atoms with Crippen molar-refractivity contribution in [1.29, 1.82) is 0 Å². The lowest BCUT2D eigenvalue weighted by Crippen LogP contribution is -2.33. The summed E-state index contributed by atoms with van der Waals surface area (Å²) in [6, 6.07) is 5.96. The van der Waals surface area contributed by atoms with E-state index in [9.17, 15) is 9.59 Å². The van der Waals surface area contributed by atoms with Crippen LogP contribution in [0.3, 0.4) is 0 Å². The van der Waals surface area contributed by atoms with Gasteiger partial charge >= 0.3 is 0 Å². The Morgan fingerprint density at radius 1 is 1.34 bits per heavy atom. The zero-order chi connectivity index (χ0) is 20.0. The van der Waals surface area contributed by atoms with E-state index in [1.54, 1.807) is 6.33 Å². The molecule has 0 fully saturated rings. The smallest absolute Gasteiger partial charge is 0.223 e. The third kappa shape index (κ3) is 3.27. The van der Waals surface area contributed by atoms with Crippen LogP contribution in [0.4, 0.5) is 11.5 Å². The number of rotatable bonds is 4. The maximum absolute atomic E-state index is 12.4. The molecule has 0 saturated heterocycles. The number of anilines is 2. The lowest BCUT2D eigenvalue weighted by Gasteiger charge is -2.21. The molecule has 3 N–H and O–H groups in total. The summed E-state index contributed by atoms with van der Waals surface area (Å²) in [6.07, 6.45) is 4.37. The van der Waals surface area contributed by atoms with Crippen LogP contribution in [-0.2, 0) is 28.9 Å². The van der Waals surface area contributed by atoms with Gasteiger partial charge in [0.2, 0.25) is 5.91 Å². The number of nitrogens with zero attached hydrogens (tertiary/aromatic N) is 2. The lowest BCUT2D eigenvalue weighted by molar-refractivity contribution is -0.125. The molecule has 1 unspecified atom stereocenters. The van der Waals surface area contributed by atoms with Gasteiger partial charge in [0.1, 0.15) is 17.8 Å². The summed E-state index contributed by atoms with van der Waals surface area (Å²) in [6.45, 7) is 2.58. The average molecular weight is 407 g/mol. The predicted molar refractivity (Wildman–Crippen MR) is 112 cm³/mol. The maximum atomic E-state index is 12.4. The summed E-state index contributed by atoms with van der Waals surface area (Å²) in [7, 11) is 0. The van der Waals surface area contributed by atoms with Gasteiger partial charge in [-0.1, -0.05) is 17.8 Å². The van der Waals surface area contributed by atoms with Crippen molar-refractivity contribution in [3.05, 3.63) is 41.3 Å². The number of aromatic nitrogens is 3. The van der Waals surface area contributed by atoms with Crippen LogP contribution in [0, 0.1) is 5.92 Å². The van der Waals surface area contributed by atoms with Gasteiger partial charge in [0.15, 0.2) is 5.12 Å². The molecule has 3 heterocycles. The molecular weight excluding hydrogens is 386 g/mol. The third-order valence-electron chi connectivity index (χ3n) is 5.59. The van der Waals surface area contributed by atoms with Crippen LogP contribution in [0.25, 0.3) is 11.0 Å². The van der Waals surface area contributed by atoms with E-state index in [0.29, 0.717) is 19.4 Å². The second-order valence-corrected chi connectivity index (χ2v) is 8.56. The molecule has 29 heavy (non-hydrogen) atoms. The van der Waals surface area contributed by atoms with Crippen LogP contribution >= 0.6 is 11.8 Å². The maximum Gasteiger partial charge on any atom is 0.223 e. The number of carbonyl (C=O) groups is 2. The Balaban J connectivity index is 1.50. The Morgan fingerprint density at radius 2 is 2.24 bits per heavy atom. The van der Waals surface area contributed by atoms with E-state index in [4.69, 9.17) is 0 Å². The molecule has 2 aromatic heterocycles. The molecule has 2 aliphatic rings. The summed E-state index contributed by atoms with van der Waals surface area (Å²) < 4.78 is 0. The first kappa shape index (κ1) is 18.2. The third-order valence-corrected chi connectivity index (χ3v) is 6.56. The zero-order valence-corrected chi connectivity index (χ0v) is 16.9. The van der Waals surface area contributed by atoms with Gasteiger partial charge in [-0.2, -0.15) is 0 Å². The number of nitrogens with one attached hydrogen (secondary N) is 3. The molecule has 148 valence electrons. The number of aryl methyl sites for hydroxylation is 1. The van der Waals surface area contributed by atoms with Gasteiger partial charge in [-0.05, 0) is 49.4 Å². The largest absolute Gasteiger partial charge is 0.356 e. The Kier molecular flexibility index (Phi) is 4.50. The molecule has 1 amide bonds.